The number of rotatable bonds is 2. The zero-order valence-electron chi connectivity index (χ0n) is 8.87. The third-order valence-electron chi connectivity index (χ3n) is 2.53. The molecular formula is C11H11ClN2O3. The summed E-state index contributed by atoms with van der Waals surface area (Å²) in [7, 11) is 0. The molecule has 1 aliphatic rings. The van der Waals surface area contributed by atoms with Gasteiger partial charge >= 0.3 is 0 Å². The fraction of sp³-hybridized carbons (Fsp3) is 0.273. The minimum Gasteiger partial charge on any atom is -0.506 e. The zero-order valence-corrected chi connectivity index (χ0v) is 9.62. The molecule has 0 aliphatic carbocycles. The first kappa shape index (κ1) is 11.7. The maximum Gasteiger partial charge on any atom is 0.246 e. The molecule has 0 bridgehead atoms. The third kappa shape index (κ3) is 2.68. The molecule has 2 rings (SSSR count). The van der Waals surface area contributed by atoms with Gasteiger partial charge in [-0.2, -0.15) is 0 Å². The number of nitrogens with one attached hydrogen (secondary N) is 2. The van der Waals surface area contributed by atoms with E-state index in [4.69, 9.17) is 11.6 Å². The number of carbonyl (C=O) groups is 2. The lowest BCUT2D eigenvalue weighted by molar-refractivity contribution is -0.122. The van der Waals surface area contributed by atoms with Crippen LogP contribution < -0.4 is 10.6 Å². The highest BCUT2D eigenvalue weighted by molar-refractivity contribution is 6.32. The van der Waals surface area contributed by atoms with E-state index in [1.807, 2.05) is 0 Å². The van der Waals surface area contributed by atoms with Crippen molar-refractivity contribution in [3.63, 3.8) is 0 Å². The Labute approximate surface area is 103 Å². The van der Waals surface area contributed by atoms with Crippen LogP contribution >= 0.6 is 11.6 Å². The second-order valence-corrected chi connectivity index (χ2v) is 4.22. The van der Waals surface area contributed by atoms with Gasteiger partial charge in [0.1, 0.15) is 11.8 Å². The number of anilines is 1. The van der Waals surface area contributed by atoms with Crippen LogP contribution in [0.3, 0.4) is 0 Å². The van der Waals surface area contributed by atoms with Gasteiger partial charge in [-0.25, -0.2) is 0 Å². The maximum atomic E-state index is 11.7. The van der Waals surface area contributed by atoms with E-state index in [-0.39, 0.29) is 22.6 Å². The van der Waals surface area contributed by atoms with Crippen molar-refractivity contribution in [3.8, 4) is 5.75 Å². The molecule has 1 saturated heterocycles. The largest absolute Gasteiger partial charge is 0.506 e. The summed E-state index contributed by atoms with van der Waals surface area (Å²) in [6, 6.07) is 3.92. The van der Waals surface area contributed by atoms with Crippen LogP contribution in [0, 0.1) is 0 Å². The first-order valence-electron chi connectivity index (χ1n) is 5.15. The molecular weight excluding hydrogens is 244 g/mol. The number of hydrogen-bond donors (Lipinski definition) is 3. The Morgan fingerprint density at radius 1 is 1.53 bits per heavy atom. The molecule has 1 heterocycles. The van der Waals surface area contributed by atoms with Gasteiger partial charge < -0.3 is 15.7 Å². The number of aromatic hydroxyl groups is 1. The molecule has 1 aliphatic heterocycles. The molecule has 1 aromatic carbocycles. The van der Waals surface area contributed by atoms with Gasteiger partial charge in [0.25, 0.3) is 0 Å². The number of carbonyl (C=O) groups excluding carboxylic acids is 2. The van der Waals surface area contributed by atoms with Crippen LogP contribution in [0.2, 0.25) is 5.02 Å². The summed E-state index contributed by atoms with van der Waals surface area (Å²) in [5.41, 5.74) is 0.443. The number of amides is 2. The molecule has 2 amide bonds. The van der Waals surface area contributed by atoms with Crippen molar-refractivity contribution in [1.82, 2.24) is 5.32 Å². The highest BCUT2D eigenvalue weighted by Crippen LogP contribution is 2.26. The van der Waals surface area contributed by atoms with E-state index in [0.29, 0.717) is 18.5 Å². The van der Waals surface area contributed by atoms with Crippen LogP contribution in [-0.2, 0) is 9.59 Å². The van der Waals surface area contributed by atoms with Crippen molar-refractivity contribution in [2.45, 2.75) is 18.9 Å². The first-order valence-corrected chi connectivity index (χ1v) is 5.53. The molecule has 5 nitrogen and oxygen atoms in total. The Bertz CT molecular complexity index is 476. The fourth-order valence-electron chi connectivity index (χ4n) is 1.63. The van der Waals surface area contributed by atoms with Crippen molar-refractivity contribution in [1.29, 1.82) is 0 Å². The van der Waals surface area contributed by atoms with Crippen LogP contribution in [0.15, 0.2) is 18.2 Å². The predicted molar refractivity (Wildman–Crippen MR) is 62.9 cm³/mol. The molecule has 17 heavy (non-hydrogen) atoms. The molecule has 0 aromatic heterocycles. The van der Waals surface area contributed by atoms with E-state index in [1.54, 1.807) is 6.07 Å². The first-order chi connectivity index (χ1) is 8.06. The minimum absolute atomic E-state index is 0.0973. The summed E-state index contributed by atoms with van der Waals surface area (Å²) in [6.45, 7) is 0. The van der Waals surface area contributed by atoms with Crippen LogP contribution in [0.5, 0.6) is 5.75 Å². The second kappa shape index (κ2) is 4.63. The molecule has 1 aromatic rings. The molecule has 1 fully saturated rings. The number of phenolic OH excluding ortho intramolecular Hbond substituents is 1. The monoisotopic (exact) mass is 254 g/mol. The van der Waals surface area contributed by atoms with Crippen molar-refractivity contribution >= 4 is 29.1 Å². The Hall–Kier alpha value is -1.75. The van der Waals surface area contributed by atoms with Crippen LogP contribution in [-0.4, -0.2) is 23.0 Å². The average molecular weight is 255 g/mol. The van der Waals surface area contributed by atoms with Crippen LogP contribution in [0.4, 0.5) is 5.69 Å². The lowest BCUT2D eigenvalue weighted by Gasteiger charge is -2.11. The van der Waals surface area contributed by atoms with Crippen molar-refractivity contribution in [2.24, 2.45) is 0 Å². The van der Waals surface area contributed by atoms with Crippen LogP contribution in [0.1, 0.15) is 12.8 Å². The van der Waals surface area contributed by atoms with Crippen molar-refractivity contribution in [3.05, 3.63) is 23.2 Å². The molecule has 0 radical (unpaired) electrons. The quantitative estimate of drug-likeness (QED) is 0.744. The molecule has 1 atom stereocenters. The third-order valence-corrected chi connectivity index (χ3v) is 2.85. The standard InChI is InChI=1S/C11H11ClN2O3/c12-7-2-1-6(5-9(7)15)13-11(17)8-3-4-10(16)14-8/h1-2,5,8,15H,3-4H2,(H,13,17)(H,14,16). The summed E-state index contributed by atoms with van der Waals surface area (Å²) in [4.78, 5) is 22.7. The predicted octanol–water partition coefficient (Wildman–Crippen LogP) is 1.26. The van der Waals surface area contributed by atoms with E-state index in [2.05, 4.69) is 10.6 Å². The molecule has 1 unspecified atom stereocenters. The van der Waals surface area contributed by atoms with Gasteiger partial charge in [-0.05, 0) is 18.6 Å². The Balaban J connectivity index is 2.03. The van der Waals surface area contributed by atoms with Crippen molar-refractivity contribution in [2.75, 3.05) is 5.32 Å². The van der Waals surface area contributed by atoms with E-state index >= 15 is 0 Å². The molecule has 0 saturated carbocycles. The number of halogens is 1. The second-order valence-electron chi connectivity index (χ2n) is 3.81. The van der Waals surface area contributed by atoms with Crippen molar-refractivity contribution < 1.29 is 14.7 Å². The van der Waals surface area contributed by atoms with E-state index in [9.17, 15) is 14.7 Å². The Kier molecular flexibility index (Phi) is 3.19. The van der Waals surface area contributed by atoms with Gasteiger partial charge in [-0.1, -0.05) is 11.6 Å². The minimum atomic E-state index is -0.500. The van der Waals surface area contributed by atoms with Gasteiger partial charge in [-0.15, -0.1) is 0 Å². The SMILES string of the molecule is O=C1CCC(C(=O)Nc2ccc(Cl)c(O)c2)N1. The van der Waals surface area contributed by atoms with E-state index in [1.165, 1.54) is 12.1 Å². The highest BCUT2D eigenvalue weighted by Gasteiger charge is 2.27. The maximum absolute atomic E-state index is 11.7. The molecule has 3 N–H and O–H groups in total. The fourth-order valence-corrected chi connectivity index (χ4v) is 1.75. The lowest BCUT2D eigenvalue weighted by Crippen LogP contribution is -2.37. The average Bonchev–Trinajstić information content (AvgIpc) is 2.70. The van der Waals surface area contributed by atoms with Gasteiger partial charge in [-0.3, -0.25) is 9.59 Å². The highest BCUT2D eigenvalue weighted by atomic mass is 35.5. The zero-order chi connectivity index (χ0) is 12.4. The van der Waals surface area contributed by atoms with Gasteiger partial charge in [0, 0.05) is 18.2 Å². The van der Waals surface area contributed by atoms with Gasteiger partial charge in [0.05, 0.1) is 5.02 Å². The number of hydrogen-bond acceptors (Lipinski definition) is 3. The molecule has 6 heteroatoms. The summed E-state index contributed by atoms with van der Waals surface area (Å²) in [6.07, 6.45) is 0.855. The summed E-state index contributed by atoms with van der Waals surface area (Å²) < 4.78 is 0. The number of benzene rings is 1. The van der Waals surface area contributed by atoms with Crippen LogP contribution in [0.25, 0.3) is 0 Å². The van der Waals surface area contributed by atoms with Gasteiger partial charge in [0.15, 0.2) is 0 Å². The summed E-state index contributed by atoms with van der Waals surface area (Å²) >= 11 is 5.64. The van der Waals surface area contributed by atoms with E-state index in [0.717, 1.165) is 0 Å². The lowest BCUT2D eigenvalue weighted by atomic mass is 10.2. The normalized spacial score (nSPS) is 18.9. The molecule has 0 spiro atoms. The Morgan fingerprint density at radius 2 is 2.29 bits per heavy atom. The molecule has 90 valence electrons. The number of phenols is 1. The topological polar surface area (TPSA) is 78.4 Å². The Morgan fingerprint density at radius 3 is 2.88 bits per heavy atom. The smallest absolute Gasteiger partial charge is 0.246 e. The van der Waals surface area contributed by atoms with Gasteiger partial charge in [0.2, 0.25) is 11.8 Å². The summed E-state index contributed by atoms with van der Waals surface area (Å²) in [5, 5.41) is 14.7. The summed E-state index contributed by atoms with van der Waals surface area (Å²) in [5.74, 6) is -0.512. The van der Waals surface area contributed by atoms with E-state index < -0.39 is 6.04 Å².